The quantitative estimate of drug-likeness (QED) is 0.924. The molecule has 0 amide bonds. The van der Waals surface area contributed by atoms with Gasteiger partial charge in [-0.25, -0.2) is 4.39 Å². The molecule has 98 valence electrons. The molecule has 2 aromatic rings. The Morgan fingerprint density at radius 1 is 1.10 bits per heavy atom. The summed E-state index contributed by atoms with van der Waals surface area (Å²) in [5, 5.41) is 21.0. The van der Waals surface area contributed by atoms with Gasteiger partial charge in [-0.15, -0.1) is 0 Å². The summed E-state index contributed by atoms with van der Waals surface area (Å²) in [4.78, 5) is 0. The zero-order valence-electron chi connectivity index (χ0n) is 10.9. The molecule has 0 spiro atoms. The molecule has 0 atom stereocenters. The minimum absolute atomic E-state index is 0.330. The Hall–Kier alpha value is -2.85. The van der Waals surface area contributed by atoms with Crippen LogP contribution in [0.4, 0.5) is 10.1 Å². The smallest absolute Gasteiger partial charge is 0.123 e. The molecule has 2 aromatic carbocycles. The highest BCUT2D eigenvalue weighted by Gasteiger charge is 2.05. The van der Waals surface area contributed by atoms with Gasteiger partial charge in [0.1, 0.15) is 5.82 Å². The summed E-state index contributed by atoms with van der Waals surface area (Å²) in [5.41, 5.74) is 3.37. The number of nitrogens with one attached hydrogen (secondary N) is 1. The predicted octanol–water partition coefficient (Wildman–Crippen LogP) is 3.49. The highest BCUT2D eigenvalue weighted by molar-refractivity contribution is 5.55. The summed E-state index contributed by atoms with van der Waals surface area (Å²) >= 11 is 0. The number of nitriles is 2. The van der Waals surface area contributed by atoms with Crippen LogP contribution in [-0.2, 0) is 6.54 Å². The predicted molar refractivity (Wildman–Crippen MR) is 74.3 cm³/mol. The molecular weight excluding hydrogens is 253 g/mol. The standard InChI is InChI=1S/C16H12FN3/c1-11-2-3-12(8-18)6-16(11)20-10-14-7-15(17)5-4-13(14)9-19/h2-7,20H,10H2,1H3. The lowest BCUT2D eigenvalue weighted by Gasteiger charge is -2.11. The zero-order chi connectivity index (χ0) is 14.5. The van der Waals surface area contributed by atoms with Crippen LogP contribution in [-0.4, -0.2) is 0 Å². The van der Waals surface area contributed by atoms with Crippen LogP contribution in [0.15, 0.2) is 36.4 Å². The van der Waals surface area contributed by atoms with Crippen LogP contribution in [0.3, 0.4) is 0 Å². The Bertz CT molecular complexity index is 723. The molecular formula is C16H12FN3. The summed E-state index contributed by atoms with van der Waals surface area (Å²) in [7, 11) is 0. The third kappa shape index (κ3) is 2.93. The van der Waals surface area contributed by atoms with Crippen molar-refractivity contribution in [3.05, 3.63) is 64.5 Å². The van der Waals surface area contributed by atoms with E-state index < -0.39 is 0 Å². The summed E-state index contributed by atoms with van der Waals surface area (Å²) < 4.78 is 13.2. The van der Waals surface area contributed by atoms with Gasteiger partial charge in [-0.05, 0) is 48.4 Å². The molecule has 20 heavy (non-hydrogen) atoms. The second-order valence-corrected chi connectivity index (χ2v) is 4.41. The fourth-order valence-electron chi connectivity index (χ4n) is 1.89. The van der Waals surface area contributed by atoms with Gasteiger partial charge in [0.2, 0.25) is 0 Å². The maximum atomic E-state index is 13.2. The molecule has 0 unspecified atom stereocenters. The molecule has 2 rings (SSSR count). The third-order valence-electron chi connectivity index (χ3n) is 3.02. The first-order valence-corrected chi connectivity index (χ1v) is 6.07. The van der Waals surface area contributed by atoms with Crippen molar-refractivity contribution in [2.24, 2.45) is 0 Å². The van der Waals surface area contributed by atoms with E-state index in [4.69, 9.17) is 10.5 Å². The van der Waals surface area contributed by atoms with Gasteiger partial charge in [-0.1, -0.05) is 6.07 Å². The van der Waals surface area contributed by atoms with E-state index in [-0.39, 0.29) is 5.82 Å². The first kappa shape index (κ1) is 13.6. The van der Waals surface area contributed by atoms with Crippen LogP contribution >= 0.6 is 0 Å². The van der Waals surface area contributed by atoms with E-state index >= 15 is 0 Å². The van der Waals surface area contributed by atoms with Crippen molar-refractivity contribution in [1.82, 2.24) is 0 Å². The lowest BCUT2D eigenvalue weighted by atomic mass is 10.1. The number of hydrogen-bond donors (Lipinski definition) is 1. The average Bonchev–Trinajstić information content (AvgIpc) is 2.46. The van der Waals surface area contributed by atoms with Crippen molar-refractivity contribution >= 4 is 5.69 Å². The Labute approximate surface area is 116 Å². The van der Waals surface area contributed by atoms with Crippen molar-refractivity contribution in [3.8, 4) is 12.1 Å². The maximum Gasteiger partial charge on any atom is 0.123 e. The van der Waals surface area contributed by atoms with E-state index in [0.29, 0.717) is 23.2 Å². The number of anilines is 1. The van der Waals surface area contributed by atoms with Gasteiger partial charge in [-0.2, -0.15) is 10.5 Å². The van der Waals surface area contributed by atoms with Gasteiger partial charge < -0.3 is 5.32 Å². The Morgan fingerprint density at radius 2 is 1.90 bits per heavy atom. The number of benzene rings is 2. The molecule has 0 saturated carbocycles. The molecule has 0 aliphatic heterocycles. The van der Waals surface area contributed by atoms with Gasteiger partial charge >= 0.3 is 0 Å². The van der Waals surface area contributed by atoms with E-state index in [2.05, 4.69) is 11.4 Å². The van der Waals surface area contributed by atoms with Crippen molar-refractivity contribution in [2.75, 3.05) is 5.32 Å². The summed E-state index contributed by atoms with van der Waals surface area (Å²) in [5.74, 6) is -0.372. The molecule has 0 bridgehead atoms. The van der Waals surface area contributed by atoms with Gasteiger partial charge in [0.05, 0.1) is 23.3 Å². The van der Waals surface area contributed by atoms with Gasteiger partial charge in [-0.3, -0.25) is 0 Å². The molecule has 0 heterocycles. The molecule has 0 aliphatic rings. The molecule has 4 heteroatoms. The number of halogens is 1. The van der Waals surface area contributed by atoms with E-state index in [9.17, 15) is 4.39 Å². The second-order valence-electron chi connectivity index (χ2n) is 4.41. The van der Waals surface area contributed by atoms with Crippen LogP contribution in [0.1, 0.15) is 22.3 Å². The van der Waals surface area contributed by atoms with Crippen LogP contribution in [0.5, 0.6) is 0 Å². The lowest BCUT2D eigenvalue weighted by molar-refractivity contribution is 0.625. The molecule has 0 aromatic heterocycles. The summed E-state index contributed by atoms with van der Waals surface area (Å²) in [6.45, 7) is 2.25. The van der Waals surface area contributed by atoms with Crippen LogP contribution < -0.4 is 5.32 Å². The fraction of sp³-hybridized carbons (Fsp3) is 0.125. The molecule has 0 aliphatic carbocycles. The van der Waals surface area contributed by atoms with Crippen molar-refractivity contribution in [2.45, 2.75) is 13.5 Å². The molecule has 0 fully saturated rings. The van der Waals surface area contributed by atoms with E-state index in [1.165, 1.54) is 18.2 Å². The molecule has 0 radical (unpaired) electrons. The monoisotopic (exact) mass is 265 g/mol. The van der Waals surface area contributed by atoms with Gasteiger partial charge in [0.25, 0.3) is 0 Å². The summed E-state index contributed by atoms with van der Waals surface area (Å²) in [6.07, 6.45) is 0. The SMILES string of the molecule is Cc1ccc(C#N)cc1NCc1cc(F)ccc1C#N. The minimum Gasteiger partial charge on any atom is -0.381 e. The Balaban J connectivity index is 2.23. The minimum atomic E-state index is -0.372. The summed E-state index contributed by atoms with van der Waals surface area (Å²) in [6, 6.07) is 13.5. The topological polar surface area (TPSA) is 59.6 Å². The largest absolute Gasteiger partial charge is 0.381 e. The third-order valence-corrected chi connectivity index (χ3v) is 3.02. The molecule has 3 nitrogen and oxygen atoms in total. The van der Waals surface area contributed by atoms with E-state index in [1.54, 1.807) is 12.1 Å². The van der Waals surface area contributed by atoms with Crippen LogP contribution in [0.25, 0.3) is 0 Å². The first-order valence-electron chi connectivity index (χ1n) is 6.07. The lowest BCUT2D eigenvalue weighted by Crippen LogP contribution is -2.04. The molecule has 1 N–H and O–H groups in total. The van der Waals surface area contributed by atoms with Gasteiger partial charge in [0, 0.05) is 12.2 Å². The van der Waals surface area contributed by atoms with Gasteiger partial charge in [0.15, 0.2) is 0 Å². The molecule has 0 saturated heterocycles. The van der Waals surface area contributed by atoms with E-state index in [1.807, 2.05) is 19.1 Å². The fourth-order valence-corrected chi connectivity index (χ4v) is 1.89. The van der Waals surface area contributed by atoms with Crippen LogP contribution in [0.2, 0.25) is 0 Å². The number of rotatable bonds is 3. The van der Waals surface area contributed by atoms with Crippen molar-refractivity contribution in [3.63, 3.8) is 0 Å². The Kier molecular flexibility index (Phi) is 3.98. The number of hydrogen-bond acceptors (Lipinski definition) is 3. The second kappa shape index (κ2) is 5.86. The van der Waals surface area contributed by atoms with E-state index in [0.717, 1.165) is 11.3 Å². The number of nitrogens with zero attached hydrogens (tertiary/aromatic N) is 2. The maximum absolute atomic E-state index is 13.2. The first-order chi connectivity index (χ1) is 9.63. The average molecular weight is 265 g/mol. The van der Waals surface area contributed by atoms with Crippen molar-refractivity contribution in [1.29, 1.82) is 10.5 Å². The van der Waals surface area contributed by atoms with Crippen LogP contribution in [0, 0.1) is 35.4 Å². The number of aryl methyl sites for hydroxylation is 1. The highest BCUT2D eigenvalue weighted by Crippen LogP contribution is 2.19. The highest BCUT2D eigenvalue weighted by atomic mass is 19.1. The zero-order valence-corrected chi connectivity index (χ0v) is 10.9. The van der Waals surface area contributed by atoms with Crippen molar-refractivity contribution < 1.29 is 4.39 Å². The Morgan fingerprint density at radius 3 is 2.60 bits per heavy atom. The normalized spacial score (nSPS) is 9.60.